The summed E-state index contributed by atoms with van der Waals surface area (Å²) >= 11 is 0. The van der Waals surface area contributed by atoms with Gasteiger partial charge in [0.25, 0.3) is 0 Å². The van der Waals surface area contributed by atoms with Gasteiger partial charge in [0.1, 0.15) is 0 Å². The molecule has 0 bridgehead atoms. The van der Waals surface area contributed by atoms with Crippen LogP contribution in [-0.4, -0.2) is 19.4 Å². The van der Waals surface area contributed by atoms with Crippen LogP contribution in [0.15, 0.2) is 12.1 Å². The second-order valence-electron chi connectivity index (χ2n) is 5.08. The lowest BCUT2D eigenvalue weighted by atomic mass is 9.92. The van der Waals surface area contributed by atoms with Gasteiger partial charge in [-0.15, -0.1) is 0 Å². The Morgan fingerprint density at radius 2 is 1.75 bits per heavy atom. The number of sulfone groups is 1. The van der Waals surface area contributed by atoms with E-state index in [0.29, 0.717) is 13.0 Å². The maximum absolute atomic E-state index is 11.9. The highest BCUT2D eigenvalue weighted by atomic mass is 32.2. The normalized spacial score (nSPS) is 13.4. The summed E-state index contributed by atoms with van der Waals surface area (Å²) in [5.74, 6) is 0.133. The van der Waals surface area contributed by atoms with Crippen molar-refractivity contribution in [1.29, 1.82) is 0 Å². The lowest BCUT2D eigenvalue weighted by molar-refractivity contribution is 0.588. The summed E-state index contributed by atoms with van der Waals surface area (Å²) in [6.45, 7) is 10.1. The predicted molar refractivity (Wildman–Crippen MR) is 85.4 cm³/mol. The van der Waals surface area contributed by atoms with Gasteiger partial charge in [-0.25, -0.2) is 8.42 Å². The Labute approximate surface area is 123 Å². The van der Waals surface area contributed by atoms with Crippen molar-refractivity contribution in [3.8, 4) is 0 Å². The number of aryl methyl sites for hydroxylation is 2. The van der Waals surface area contributed by atoms with E-state index >= 15 is 0 Å². The number of benzene rings is 1. The Morgan fingerprint density at radius 3 is 2.20 bits per heavy atom. The molecule has 0 aliphatic rings. The lowest BCUT2D eigenvalue weighted by Gasteiger charge is -2.19. The number of nitrogens with two attached hydrogens (primary N) is 1. The molecule has 20 heavy (non-hydrogen) atoms. The molecule has 2 N–H and O–H groups in total. The third-order valence-corrected chi connectivity index (χ3v) is 5.83. The third-order valence-electron chi connectivity index (χ3n) is 3.85. The zero-order valence-electron chi connectivity index (χ0n) is 12.8. The van der Waals surface area contributed by atoms with E-state index in [1.807, 2.05) is 0 Å². The first-order valence-corrected chi connectivity index (χ1v) is 8.99. The van der Waals surface area contributed by atoms with Gasteiger partial charge in [-0.05, 0) is 48.4 Å². The average molecular weight is 296 g/mol. The van der Waals surface area contributed by atoms with E-state index in [0.717, 1.165) is 24.0 Å². The molecule has 0 aliphatic heterocycles. The molecule has 0 amide bonds. The SMILES string of the molecule is [CH2]C(Cc1c(CC)cc(CC)cc1CN)S(=O)(=O)CC. The molecular formula is C16H26NO2S. The summed E-state index contributed by atoms with van der Waals surface area (Å²) in [5, 5.41) is -0.601. The van der Waals surface area contributed by atoms with E-state index in [1.165, 1.54) is 11.1 Å². The molecule has 1 rings (SSSR count). The van der Waals surface area contributed by atoms with Crippen LogP contribution < -0.4 is 5.73 Å². The van der Waals surface area contributed by atoms with Gasteiger partial charge in [0, 0.05) is 12.3 Å². The quantitative estimate of drug-likeness (QED) is 0.840. The van der Waals surface area contributed by atoms with E-state index in [4.69, 9.17) is 5.73 Å². The zero-order chi connectivity index (χ0) is 15.3. The van der Waals surface area contributed by atoms with Crippen molar-refractivity contribution in [2.75, 3.05) is 5.75 Å². The van der Waals surface area contributed by atoms with Crippen molar-refractivity contribution in [2.45, 2.75) is 51.8 Å². The van der Waals surface area contributed by atoms with Gasteiger partial charge in [-0.3, -0.25) is 0 Å². The molecule has 3 nitrogen and oxygen atoms in total. The minimum Gasteiger partial charge on any atom is -0.326 e. The number of hydrogen-bond donors (Lipinski definition) is 1. The molecule has 0 fully saturated rings. The molecule has 4 heteroatoms. The Hall–Kier alpha value is -0.870. The molecule has 1 atom stereocenters. The third kappa shape index (κ3) is 3.83. The van der Waals surface area contributed by atoms with Gasteiger partial charge in [0.2, 0.25) is 0 Å². The molecule has 1 unspecified atom stereocenters. The van der Waals surface area contributed by atoms with Crippen LogP contribution in [0.1, 0.15) is 43.0 Å². The summed E-state index contributed by atoms with van der Waals surface area (Å²) in [5.41, 5.74) is 10.4. The van der Waals surface area contributed by atoms with Crippen molar-refractivity contribution in [2.24, 2.45) is 5.73 Å². The topological polar surface area (TPSA) is 60.2 Å². The first kappa shape index (κ1) is 17.2. The predicted octanol–water partition coefficient (Wildman–Crippen LogP) is 2.45. The van der Waals surface area contributed by atoms with E-state index in [-0.39, 0.29) is 5.75 Å². The highest BCUT2D eigenvalue weighted by Crippen LogP contribution is 2.22. The van der Waals surface area contributed by atoms with Crippen molar-refractivity contribution >= 4 is 9.84 Å². The van der Waals surface area contributed by atoms with Crippen LogP contribution in [0.25, 0.3) is 0 Å². The molecule has 0 saturated carbocycles. The Kier molecular flexibility index (Phi) is 6.21. The maximum atomic E-state index is 11.9. The summed E-state index contributed by atoms with van der Waals surface area (Å²) in [6.07, 6.45) is 2.30. The van der Waals surface area contributed by atoms with Crippen molar-refractivity contribution in [1.82, 2.24) is 0 Å². The molecule has 0 saturated heterocycles. The molecule has 1 aromatic rings. The first-order chi connectivity index (χ1) is 9.39. The average Bonchev–Trinajstić information content (AvgIpc) is 2.46. The van der Waals surface area contributed by atoms with Gasteiger partial charge in [-0.1, -0.05) is 32.9 Å². The fourth-order valence-corrected chi connectivity index (χ4v) is 3.32. The van der Waals surface area contributed by atoms with Crippen LogP contribution in [-0.2, 0) is 35.6 Å². The Balaban J connectivity index is 3.23. The molecule has 1 radical (unpaired) electrons. The molecule has 0 aromatic heterocycles. The number of hydrogen-bond acceptors (Lipinski definition) is 3. The van der Waals surface area contributed by atoms with Crippen molar-refractivity contribution in [3.05, 3.63) is 41.3 Å². The van der Waals surface area contributed by atoms with Crippen LogP contribution in [0.5, 0.6) is 0 Å². The number of rotatable bonds is 7. The van der Waals surface area contributed by atoms with E-state index in [9.17, 15) is 8.42 Å². The van der Waals surface area contributed by atoms with Crippen LogP contribution in [0.3, 0.4) is 0 Å². The minimum atomic E-state index is -3.11. The molecule has 113 valence electrons. The maximum Gasteiger partial charge on any atom is 0.153 e. The van der Waals surface area contributed by atoms with Gasteiger partial charge in [-0.2, -0.15) is 0 Å². The fourth-order valence-electron chi connectivity index (χ4n) is 2.42. The monoisotopic (exact) mass is 296 g/mol. The van der Waals surface area contributed by atoms with Gasteiger partial charge < -0.3 is 5.73 Å². The summed E-state index contributed by atoms with van der Waals surface area (Å²) in [7, 11) is -3.11. The lowest BCUT2D eigenvalue weighted by Crippen LogP contribution is -2.24. The first-order valence-electron chi connectivity index (χ1n) is 7.27. The summed E-state index contributed by atoms with van der Waals surface area (Å²) in [6, 6.07) is 4.26. The smallest absolute Gasteiger partial charge is 0.153 e. The molecular weight excluding hydrogens is 270 g/mol. The largest absolute Gasteiger partial charge is 0.326 e. The van der Waals surface area contributed by atoms with Crippen molar-refractivity contribution in [3.63, 3.8) is 0 Å². The van der Waals surface area contributed by atoms with E-state index in [1.54, 1.807) is 6.92 Å². The van der Waals surface area contributed by atoms with E-state index < -0.39 is 15.1 Å². The van der Waals surface area contributed by atoms with Gasteiger partial charge in [0.05, 0.1) is 5.25 Å². The Morgan fingerprint density at radius 1 is 1.15 bits per heavy atom. The second kappa shape index (κ2) is 7.23. The standard InChI is InChI=1S/C16H26NO2S/c1-5-13-9-14(6-2)16(15(10-13)11-17)8-12(4)20(18,19)7-3/h9-10,12H,4-8,11,17H2,1-3H3. The molecule has 0 aliphatic carbocycles. The molecule has 0 spiro atoms. The van der Waals surface area contributed by atoms with Crippen LogP contribution >= 0.6 is 0 Å². The Bertz CT molecular complexity index is 525. The van der Waals surface area contributed by atoms with Gasteiger partial charge in [0.15, 0.2) is 9.84 Å². The van der Waals surface area contributed by atoms with Crippen LogP contribution in [0, 0.1) is 6.92 Å². The van der Waals surface area contributed by atoms with Crippen molar-refractivity contribution < 1.29 is 8.42 Å². The fraction of sp³-hybridized carbons (Fsp3) is 0.562. The summed E-state index contributed by atoms with van der Waals surface area (Å²) in [4.78, 5) is 0. The molecule has 1 aromatic carbocycles. The molecule has 0 heterocycles. The highest BCUT2D eigenvalue weighted by molar-refractivity contribution is 7.92. The second-order valence-corrected chi connectivity index (χ2v) is 7.65. The van der Waals surface area contributed by atoms with Crippen LogP contribution in [0.2, 0.25) is 0 Å². The van der Waals surface area contributed by atoms with E-state index in [2.05, 4.69) is 32.9 Å². The summed E-state index contributed by atoms with van der Waals surface area (Å²) < 4.78 is 23.9. The minimum absolute atomic E-state index is 0.133. The van der Waals surface area contributed by atoms with Gasteiger partial charge >= 0.3 is 0 Å². The zero-order valence-corrected chi connectivity index (χ0v) is 13.6. The highest BCUT2D eigenvalue weighted by Gasteiger charge is 2.21. The van der Waals surface area contributed by atoms with Crippen LogP contribution in [0.4, 0.5) is 0 Å².